The van der Waals surface area contributed by atoms with Gasteiger partial charge in [-0.05, 0) is 40.3 Å². The molecule has 1 spiro atoms. The second-order valence-corrected chi connectivity index (χ2v) is 11.0. The van der Waals surface area contributed by atoms with Crippen LogP contribution in [0.15, 0.2) is 96.5 Å². The number of rotatable bonds is 5. The molecule has 4 aromatic rings. The van der Waals surface area contributed by atoms with E-state index in [1.54, 1.807) is 29.8 Å². The van der Waals surface area contributed by atoms with E-state index in [0.717, 1.165) is 11.1 Å². The number of fused-ring (bicyclic) bond motifs is 6. The Morgan fingerprint density at radius 3 is 2.55 bits per heavy atom. The second kappa shape index (κ2) is 8.82. The van der Waals surface area contributed by atoms with E-state index in [4.69, 9.17) is 0 Å². The average molecular weight is 548 g/mol. The highest BCUT2D eigenvalue weighted by Crippen LogP contribution is 2.62. The average Bonchev–Trinajstić information content (AvgIpc) is 3.69. The van der Waals surface area contributed by atoms with Gasteiger partial charge in [0.2, 0.25) is 5.91 Å². The lowest BCUT2D eigenvalue weighted by molar-refractivity contribution is -0.384. The smallest absolute Gasteiger partial charge is 0.270 e. The molecule has 7 rings (SSSR count). The molecule has 0 radical (unpaired) electrons. The number of nitrogens with zero attached hydrogens (tertiary/aromatic N) is 2. The number of hydrogen-bond acceptors (Lipinski definition) is 7. The highest BCUT2D eigenvalue weighted by Gasteiger charge is 2.70. The number of ketones is 2. The lowest BCUT2D eigenvalue weighted by atomic mass is 9.62. The van der Waals surface area contributed by atoms with Crippen LogP contribution in [0.2, 0.25) is 0 Å². The van der Waals surface area contributed by atoms with E-state index >= 15 is 0 Å². The molecular formula is C31H21N3O5S. The van der Waals surface area contributed by atoms with E-state index in [1.807, 2.05) is 53.4 Å². The van der Waals surface area contributed by atoms with Gasteiger partial charge in [0, 0.05) is 29.6 Å². The van der Waals surface area contributed by atoms with Crippen LogP contribution in [0.1, 0.15) is 42.8 Å². The number of para-hydroxylation sites is 1. The maximum Gasteiger partial charge on any atom is 0.270 e. The summed E-state index contributed by atoms with van der Waals surface area (Å²) in [6, 6.07) is 22.2. The third-order valence-electron chi connectivity index (χ3n) is 8.23. The topological polar surface area (TPSA) is 110 Å². The van der Waals surface area contributed by atoms with E-state index in [2.05, 4.69) is 5.32 Å². The van der Waals surface area contributed by atoms with E-state index < -0.39 is 34.1 Å². The molecule has 4 heterocycles. The van der Waals surface area contributed by atoms with Gasteiger partial charge in [-0.25, -0.2) is 0 Å². The largest absolute Gasteiger partial charge is 0.358 e. The number of non-ortho nitro benzene ring substituents is 1. The third kappa shape index (κ3) is 3.21. The molecule has 1 aromatic heterocycles. The van der Waals surface area contributed by atoms with Crippen molar-refractivity contribution in [2.45, 2.75) is 17.5 Å². The summed E-state index contributed by atoms with van der Waals surface area (Å²) in [6.07, 6.45) is 3.70. The van der Waals surface area contributed by atoms with Gasteiger partial charge in [0.25, 0.3) is 5.69 Å². The predicted octanol–water partition coefficient (Wildman–Crippen LogP) is 5.64. The Morgan fingerprint density at radius 1 is 0.950 bits per heavy atom. The number of nitro benzene ring substituents is 1. The summed E-state index contributed by atoms with van der Waals surface area (Å²) in [5, 5.41) is 16.4. The molecule has 0 unspecified atom stereocenters. The molecule has 3 aliphatic heterocycles. The maximum absolute atomic E-state index is 14.7. The van der Waals surface area contributed by atoms with Crippen molar-refractivity contribution in [1.29, 1.82) is 0 Å². The second-order valence-electron chi connectivity index (χ2n) is 10.1. The van der Waals surface area contributed by atoms with Gasteiger partial charge >= 0.3 is 0 Å². The number of carbonyl (C=O) groups is 3. The molecule has 196 valence electrons. The van der Waals surface area contributed by atoms with Crippen LogP contribution in [0.5, 0.6) is 0 Å². The van der Waals surface area contributed by atoms with Crippen molar-refractivity contribution in [3.8, 4) is 0 Å². The number of benzene rings is 3. The lowest BCUT2D eigenvalue weighted by Gasteiger charge is -2.38. The Labute approximate surface area is 232 Å². The summed E-state index contributed by atoms with van der Waals surface area (Å²) in [6.45, 7) is 0. The van der Waals surface area contributed by atoms with Gasteiger partial charge in [0.05, 0.1) is 21.8 Å². The normalized spacial score (nSPS) is 23.9. The standard InChI is InChI=1S/C31H21N3O5S/c35-27(19-8-5-9-20(17-19)34(38)39)25-26(28(36)24-13-6-16-40-24)33-15-14-18-7-1-2-10-21(18)29(33)31(25)22-11-3-4-12-23(22)32-30(31)37/h1-17,25-26,29H,(H,32,37)/t25-,26+,29-,31+/m1/s1. The van der Waals surface area contributed by atoms with Gasteiger partial charge in [-0.3, -0.25) is 24.5 Å². The molecule has 0 saturated carbocycles. The van der Waals surface area contributed by atoms with Crippen LogP contribution >= 0.6 is 11.3 Å². The van der Waals surface area contributed by atoms with E-state index in [1.165, 1.54) is 35.6 Å². The summed E-state index contributed by atoms with van der Waals surface area (Å²) in [4.78, 5) is 56.7. The van der Waals surface area contributed by atoms with Crippen LogP contribution in [0.4, 0.5) is 11.4 Å². The Morgan fingerprint density at radius 2 is 1.75 bits per heavy atom. The summed E-state index contributed by atoms with van der Waals surface area (Å²) >= 11 is 1.27. The zero-order valence-corrected chi connectivity index (χ0v) is 21.7. The first kappa shape index (κ1) is 24.2. The van der Waals surface area contributed by atoms with Crippen molar-refractivity contribution in [2.24, 2.45) is 5.92 Å². The van der Waals surface area contributed by atoms with E-state index in [9.17, 15) is 24.5 Å². The maximum atomic E-state index is 14.7. The minimum atomic E-state index is -1.48. The van der Waals surface area contributed by atoms with Gasteiger partial charge in [-0.2, -0.15) is 0 Å². The molecule has 8 nitrogen and oxygen atoms in total. The monoisotopic (exact) mass is 547 g/mol. The molecule has 4 atom stereocenters. The van der Waals surface area contributed by atoms with Gasteiger partial charge in [0.15, 0.2) is 11.6 Å². The van der Waals surface area contributed by atoms with E-state index in [0.29, 0.717) is 16.1 Å². The van der Waals surface area contributed by atoms with Gasteiger partial charge in [0.1, 0.15) is 11.5 Å². The van der Waals surface area contributed by atoms with Crippen LogP contribution in [0.25, 0.3) is 6.08 Å². The van der Waals surface area contributed by atoms with Crippen molar-refractivity contribution in [2.75, 3.05) is 5.32 Å². The molecule has 1 saturated heterocycles. The molecule has 3 aliphatic rings. The fourth-order valence-corrected chi connectivity index (χ4v) is 7.38. The van der Waals surface area contributed by atoms with E-state index in [-0.39, 0.29) is 22.9 Å². The molecule has 0 aliphatic carbocycles. The fraction of sp³-hybridized carbons (Fsp3) is 0.129. The molecule has 9 heteroatoms. The first-order chi connectivity index (χ1) is 19.4. The number of amides is 1. The molecule has 1 amide bonds. The highest BCUT2D eigenvalue weighted by molar-refractivity contribution is 7.12. The zero-order valence-electron chi connectivity index (χ0n) is 20.9. The van der Waals surface area contributed by atoms with Crippen LogP contribution in [0.3, 0.4) is 0 Å². The fourth-order valence-electron chi connectivity index (χ4n) is 6.68. The number of hydrogen-bond donors (Lipinski definition) is 1. The summed E-state index contributed by atoms with van der Waals surface area (Å²) in [5.74, 6) is -2.32. The van der Waals surface area contributed by atoms with Gasteiger partial charge in [-0.1, -0.05) is 60.7 Å². The highest BCUT2D eigenvalue weighted by atomic mass is 32.1. The summed E-state index contributed by atoms with van der Waals surface area (Å²) in [7, 11) is 0. The molecular weight excluding hydrogens is 526 g/mol. The quantitative estimate of drug-likeness (QED) is 0.197. The van der Waals surface area contributed by atoms with Crippen LogP contribution in [-0.4, -0.2) is 33.3 Å². The Kier molecular flexibility index (Phi) is 5.33. The number of anilines is 1. The summed E-state index contributed by atoms with van der Waals surface area (Å²) in [5.41, 5.74) is 1.30. The predicted molar refractivity (Wildman–Crippen MR) is 150 cm³/mol. The van der Waals surface area contributed by atoms with Crippen LogP contribution in [0, 0.1) is 16.0 Å². The molecule has 3 aromatic carbocycles. The number of nitrogens with one attached hydrogen (secondary N) is 1. The number of nitro groups is 1. The SMILES string of the molecule is O=C(c1cccs1)[C@@H]1[C@H](C(=O)c2cccc([N+](=O)[O-])c2)[C@]2(C(=O)Nc3ccccc32)[C@H]2c3ccccc3C=CN12. The first-order valence-corrected chi connectivity index (χ1v) is 13.6. The van der Waals surface area contributed by atoms with Gasteiger partial charge in [-0.15, -0.1) is 11.3 Å². The lowest BCUT2D eigenvalue weighted by Crippen LogP contribution is -2.49. The first-order valence-electron chi connectivity index (χ1n) is 12.7. The van der Waals surface area contributed by atoms with Crippen LogP contribution < -0.4 is 5.32 Å². The van der Waals surface area contributed by atoms with Gasteiger partial charge < -0.3 is 10.2 Å². The zero-order chi connectivity index (χ0) is 27.6. The minimum absolute atomic E-state index is 0.0804. The minimum Gasteiger partial charge on any atom is -0.358 e. The molecule has 1 N–H and O–H groups in total. The Bertz CT molecular complexity index is 1760. The number of carbonyl (C=O) groups excluding carboxylic acids is 3. The molecule has 40 heavy (non-hydrogen) atoms. The Balaban J connectivity index is 1.54. The molecule has 0 bridgehead atoms. The van der Waals surface area contributed by atoms with Crippen molar-refractivity contribution in [3.05, 3.63) is 134 Å². The summed E-state index contributed by atoms with van der Waals surface area (Å²) < 4.78 is 0. The van der Waals surface area contributed by atoms with Crippen molar-refractivity contribution >= 4 is 46.3 Å². The van der Waals surface area contributed by atoms with Crippen molar-refractivity contribution in [1.82, 2.24) is 4.90 Å². The van der Waals surface area contributed by atoms with Crippen molar-refractivity contribution < 1.29 is 19.3 Å². The molecule has 1 fully saturated rings. The third-order valence-corrected chi connectivity index (χ3v) is 9.11. The van der Waals surface area contributed by atoms with Crippen molar-refractivity contribution in [3.63, 3.8) is 0 Å². The van der Waals surface area contributed by atoms with Crippen LogP contribution in [-0.2, 0) is 10.2 Å². The Hall–Kier alpha value is -4.89. The number of thiophene rings is 1. The number of Topliss-reactive ketones (excluding diaryl/α,β-unsaturated/α-hetero) is 2.